The van der Waals surface area contributed by atoms with E-state index in [4.69, 9.17) is 10.0 Å². The Morgan fingerprint density at radius 2 is 2.26 bits per heavy atom. The van der Waals surface area contributed by atoms with Crippen molar-refractivity contribution in [3.8, 4) is 0 Å². The maximum absolute atomic E-state index is 8.81. The molecular weight excluding hydrogens is 262 g/mol. The number of hydrogen-bond donors (Lipinski definition) is 2. The molecule has 1 fully saturated rings. The Morgan fingerprint density at radius 1 is 1.58 bits per heavy atom. The molecule has 1 amide bonds. The zero-order valence-electron chi connectivity index (χ0n) is 11.1. The summed E-state index contributed by atoms with van der Waals surface area (Å²) in [6.45, 7) is 2.10. The average Bonchev–Trinajstić information content (AvgIpc) is 3.01. The lowest BCUT2D eigenvalue weighted by atomic mass is 10.2. The van der Waals surface area contributed by atoms with Crippen LogP contribution in [0.5, 0.6) is 0 Å². The number of aryl methyl sites for hydroxylation is 2. The van der Waals surface area contributed by atoms with E-state index in [1.807, 2.05) is 17.9 Å². The molecule has 2 aromatic rings. The number of amides is 1. The van der Waals surface area contributed by atoms with E-state index in [2.05, 4.69) is 35.7 Å². The SMILES string of the molecule is Cc1cccs1.Cn1cc(C2CC2)cn1.O=CNO. The molecule has 0 spiro atoms. The molecule has 1 aliphatic carbocycles. The van der Waals surface area contributed by atoms with Crippen LogP contribution >= 0.6 is 11.3 Å². The highest BCUT2D eigenvalue weighted by atomic mass is 32.1. The van der Waals surface area contributed by atoms with Gasteiger partial charge in [-0.15, -0.1) is 11.3 Å². The fourth-order valence-electron chi connectivity index (χ4n) is 1.43. The normalized spacial score (nSPS) is 12.6. The van der Waals surface area contributed by atoms with E-state index in [-0.39, 0.29) is 6.41 Å². The van der Waals surface area contributed by atoms with Crippen LogP contribution in [0, 0.1) is 6.92 Å². The highest BCUT2D eigenvalue weighted by Gasteiger charge is 2.24. The lowest BCUT2D eigenvalue weighted by Gasteiger charge is -1.84. The van der Waals surface area contributed by atoms with Crippen molar-refractivity contribution in [2.75, 3.05) is 0 Å². The maximum Gasteiger partial charge on any atom is 0.230 e. The van der Waals surface area contributed by atoms with E-state index in [9.17, 15) is 0 Å². The van der Waals surface area contributed by atoms with Crippen LogP contribution in [0.1, 0.15) is 29.2 Å². The quantitative estimate of drug-likeness (QED) is 0.505. The number of nitrogens with zero attached hydrogens (tertiary/aromatic N) is 2. The third kappa shape index (κ3) is 6.73. The van der Waals surface area contributed by atoms with E-state index in [1.165, 1.54) is 28.8 Å². The smallest absolute Gasteiger partial charge is 0.230 e. The molecule has 0 unspecified atom stereocenters. The van der Waals surface area contributed by atoms with Crippen LogP contribution in [-0.4, -0.2) is 21.4 Å². The Kier molecular flexibility index (Phi) is 6.84. The van der Waals surface area contributed by atoms with E-state index >= 15 is 0 Å². The van der Waals surface area contributed by atoms with Gasteiger partial charge in [0.05, 0.1) is 6.20 Å². The Bertz CT molecular complexity index is 464. The zero-order valence-corrected chi connectivity index (χ0v) is 11.9. The topological polar surface area (TPSA) is 67.2 Å². The fraction of sp³-hybridized carbons (Fsp3) is 0.385. The van der Waals surface area contributed by atoms with E-state index in [0.717, 1.165) is 5.92 Å². The number of carbonyl (C=O) groups excluding carboxylic acids is 1. The molecule has 2 heterocycles. The number of nitrogens with one attached hydrogen (secondary N) is 1. The molecule has 2 aromatic heterocycles. The van der Waals surface area contributed by atoms with Gasteiger partial charge in [-0.3, -0.25) is 14.7 Å². The zero-order chi connectivity index (χ0) is 14.1. The monoisotopic (exact) mass is 281 g/mol. The molecule has 2 N–H and O–H groups in total. The van der Waals surface area contributed by atoms with Crippen LogP contribution in [0.4, 0.5) is 0 Å². The van der Waals surface area contributed by atoms with Crippen molar-refractivity contribution in [2.45, 2.75) is 25.7 Å². The minimum Gasteiger partial charge on any atom is -0.289 e. The van der Waals surface area contributed by atoms with E-state index in [0.29, 0.717) is 0 Å². The summed E-state index contributed by atoms with van der Waals surface area (Å²) in [6.07, 6.45) is 6.99. The minimum atomic E-state index is 0.181. The molecule has 3 rings (SSSR count). The Morgan fingerprint density at radius 3 is 2.53 bits per heavy atom. The van der Waals surface area contributed by atoms with Crippen LogP contribution in [0.15, 0.2) is 29.9 Å². The van der Waals surface area contributed by atoms with Crippen molar-refractivity contribution in [3.05, 3.63) is 40.3 Å². The van der Waals surface area contributed by atoms with Gasteiger partial charge >= 0.3 is 0 Å². The van der Waals surface area contributed by atoms with Crippen molar-refractivity contribution in [2.24, 2.45) is 7.05 Å². The number of hydroxylamine groups is 1. The highest BCUT2D eigenvalue weighted by Crippen LogP contribution is 2.39. The van der Waals surface area contributed by atoms with Gasteiger partial charge in [0.15, 0.2) is 0 Å². The van der Waals surface area contributed by atoms with Gasteiger partial charge in [-0.1, -0.05) is 6.07 Å². The average molecular weight is 281 g/mol. The summed E-state index contributed by atoms with van der Waals surface area (Å²) in [5, 5.41) is 13.4. The van der Waals surface area contributed by atoms with Crippen molar-refractivity contribution in [1.29, 1.82) is 0 Å². The van der Waals surface area contributed by atoms with Gasteiger partial charge in [-0.25, -0.2) is 5.48 Å². The van der Waals surface area contributed by atoms with Crippen LogP contribution in [-0.2, 0) is 11.8 Å². The Labute approximate surface area is 116 Å². The van der Waals surface area contributed by atoms with Gasteiger partial charge in [0, 0.05) is 18.1 Å². The van der Waals surface area contributed by atoms with Crippen molar-refractivity contribution < 1.29 is 10.0 Å². The molecule has 0 aromatic carbocycles. The molecule has 0 aliphatic heterocycles. The number of carbonyl (C=O) groups is 1. The van der Waals surface area contributed by atoms with E-state index in [1.54, 1.807) is 11.3 Å². The van der Waals surface area contributed by atoms with Gasteiger partial charge in [0.2, 0.25) is 6.41 Å². The third-order valence-corrected chi connectivity index (χ3v) is 3.29. The maximum atomic E-state index is 8.81. The first-order chi connectivity index (χ1) is 9.17. The summed E-state index contributed by atoms with van der Waals surface area (Å²) in [6, 6.07) is 4.16. The van der Waals surface area contributed by atoms with E-state index < -0.39 is 0 Å². The summed E-state index contributed by atoms with van der Waals surface area (Å²) < 4.78 is 1.87. The molecule has 104 valence electrons. The predicted octanol–water partition coefficient (Wildman–Crippen LogP) is 2.48. The molecule has 0 saturated heterocycles. The number of aromatic nitrogens is 2. The summed E-state index contributed by atoms with van der Waals surface area (Å²) in [4.78, 5) is 10.2. The number of hydrogen-bond acceptors (Lipinski definition) is 4. The molecule has 5 nitrogen and oxygen atoms in total. The molecule has 1 aliphatic rings. The second-order valence-electron chi connectivity index (χ2n) is 4.19. The van der Waals surface area contributed by atoms with Gasteiger partial charge in [-0.05, 0) is 42.7 Å². The standard InChI is InChI=1S/C7H10N2.C5H6S.CH3NO2/c1-9-5-7(4-8-9)6-2-3-6;1-5-3-2-4-6-5;3-1-2-4/h4-6H,2-3H2,1H3;2-4H,1H3;1,4H,(H,2,3). The molecular formula is C13H19N3O2S. The second kappa shape index (κ2) is 8.44. The van der Waals surface area contributed by atoms with Crippen LogP contribution in [0.25, 0.3) is 0 Å². The van der Waals surface area contributed by atoms with Gasteiger partial charge in [0.1, 0.15) is 0 Å². The fourth-order valence-corrected chi connectivity index (χ4v) is 1.96. The minimum absolute atomic E-state index is 0.181. The Hall–Kier alpha value is -1.66. The highest BCUT2D eigenvalue weighted by molar-refractivity contribution is 7.09. The van der Waals surface area contributed by atoms with Gasteiger partial charge < -0.3 is 0 Å². The summed E-state index contributed by atoms with van der Waals surface area (Å²) >= 11 is 1.78. The summed E-state index contributed by atoms with van der Waals surface area (Å²) in [5.74, 6) is 0.846. The molecule has 0 radical (unpaired) electrons. The van der Waals surface area contributed by atoms with Crippen molar-refractivity contribution >= 4 is 17.7 Å². The largest absolute Gasteiger partial charge is 0.289 e. The van der Waals surface area contributed by atoms with Gasteiger partial charge in [-0.2, -0.15) is 5.10 Å². The van der Waals surface area contributed by atoms with Crippen molar-refractivity contribution in [1.82, 2.24) is 15.3 Å². The lowest BCUT2D eigenvalue weighted by Crippen LogP contribution is -1.99. The first kappa shape index (κ1) is 15.4. The molecule has 1 saturated carbocycles. The number of thiophene rings is 1. The van der Waals surface area contributed by atoms with Gasteiger partial charge in [0.25, 0.3) is 0 Å². The van der Waals surface area contributed by atoms with Crippen LogP contribution in [0.3, 0.4) is 0 Å². The van der Waals surface area contributed by atoms with Crippen molar-refractivity contribution in [3.63, 3.8) is 0 Å². The molecule has 0 atom stereocenters. The summed E-state index contributed by atoms with van der Waals surface area (Å²) in [7, 11) is 1.96. The van der Waals surface area contributed by atoms with Crippen LogP contribution in [0.2, 0.25) is 0 Å². The Balaban J connectivity index is 0.000000158. The lowest BCUT2D eigenvalue weighted by molar-refractivity contribution is -0.116. The number of rotatable bonds is 2. The predicted molar refractivity (Wildman–Crippen MR) is 75.2 cm³/mol. The second-order valence-corrected chi connectivity index (χ2v) is 5.34. The first-order valence-electron chi connectivity index (χ1n) is 5.99. The third-order valence-electron chi connectivity index (χ3n) is 2.49. The molecule has 6 heteroatoms. The molecule has 19 heavy (non-hydrogen) atoms. The first-order valence-corrected chi connectivity index (χ1v) is 6.87. The molecule has 0 bridgehead atoms. The summed E-state index contributed by atoms with van der Waals surface area (Å²) in [5.41, 5.74) is 2.66. The van der Waals surface area contributed by atoms with Crippen LogP contribution < -0.4 is 5.48 Å².